The molecule has 1 amide bonds. The second-order valence-electron chi connectivity index (χ2n) is 5.75. The normalized spacial score (nSPS) is 17.5. The maximum Gasteiger partial charge on any atom is 0.266 e. The number of aliphatic imine (C=N–C) groups is 1. The molecule has 1 unspecified atom stereocenters. The third kappa shape index (κ3) is 3.64. The highest BCUT2D eigenvalue weighted by Gasteiger charge is 2.28. The van der Waals surface area contributed by atoms with Crippen molar-refractivity contribution in [2.45, 2.75) is 39.7 Å². The number of hydrogen-bond donors (Lipinski definition) is 1. The van der Waals surface area contributed by atoms with E-state index >= 15 is 0 Å². The predicted molar refractivity (Wildman–Crippen MR) is 85.1 cm³/mol. The van der Waals surface area contributed by atoms with Gasteiger partial charge in [0.2, 0.25) is 0 Å². The van der Waals surface area contributed by atoms with Crippen LogP contribution in [0.1, 0.15) is 33.6 Å². The molecule has 1 atom stereocenters. The molecule has 1 aromatic carbocycles. The first-order chi connectivity index (χ1) is 10.4. The highest BCUT2D eigenvalue weighted by atomic mass is 19.1. The number of benzene rings is 1. The second-order valence-corrected chi connectivity index (χ2v) is 5.75. The summed E-state index contributed by atoms with van der Waals surface area (Å²) >= 11 is 0. The van der Waals surface area contributed by atoms with Crippen molar-refractivity contribution < 1.29 is 13.9 Å². The number of nitrogens with one attached hydrogen (secondary N) is 1. The Labute approximate surface area is 129 Å². The SMILES string of the molecule is C#CCC1Oc2cc(F)c(N=C(C)CC(C)C)cc2NC1=O. The molecule has 5 heteroatoms. The number of fused-ring (bicyclic) bond motifs is 1. The van der Waals surface area contributed by atoms with Crippen molar-refractivity contribution in [3.63, 3.8) is 0 Å². The van der Waals surface area contributed by atoms with Gasteiger partial charge in [-0.2, -0.15) is 0 Å². The van der Waals surface area contributed by atoms with Crippen LogP contribution in [0.15, 0.2) is 17.1 Å². The molecule has 0 radical (unpaired) electrons. The fourth-order valence-corrected chi connectivity index (χ4v) is 2.33. The van der Waals surface area contributed by atoms with Gasteiger partial charge in [0.15, 0.2) is 11.9 Å². The number of anilines is 1. The van der Waals surface area contributed by atoms with E-state index in [9.17, 15) is 9.18 Å². The van der Waals surface area contributed by atoms with Crippen LogP contribution >= 0.6 is 0 Å². The third-order valence-electron chi connectivity index (χ3n) is 3.19. The average molecular weight is 302 g/mol. The van der Waals surface area contributed by atoms with Crippen molar-refractivity contribution in [1.82, 2.24) is 0 Å². The molecule has 4 nitrogen and oxygen atoms in total. The van der Waals surface area contributed by atoms with Crippen molar-refractivity contribution in [2.24, 2.45) is 10.9 Å². The Morgan fingerprint density at radius 2 is 2.27 bits per heavy atom. The largest absolute Gasteiger partial charge is 0.477 e. The first kappa shape index (κ1) is 16.0. The van der Waals surface area contributed by atoms with Gasteiger partial charge in [-0.1, -0.05) is 13.8 Å². The Kier molecular flexibility index (Phi) is 4.81. The number of halogens is 1. The molecule has 0 fully saturated rings. The van der Waals surface area contributed by atoms with Crippen LogP contribution in [0, 0.1) is 24.1 Å². The van der Waals surface area contributed by atoms with Gasteiger partial charge >= 0.3 is 0 Å². The zero-order valence-electron chi connectivity index (χ0n) is 12.9. The number of hydrogen-bond acceptors (Lipinski definition) is 3. The molecule has 1 N–H and O–H groups in total. The Hall–Kier alpha value is -2.35. The number of ether oxygens (including phenoxy) is 1. The van der Waals surface area contributed by atoms with E-state index in [1.807, 2.05) is 6.92 Å². The Balaban J connectivity index is 2.30. The topological polar surface area (TPSA) is 50.7 Å². The van der Waals surface area contributed by atoms with Crippen molar-refractivity contribution in [1.29, 1.82) is 0 Å². The molecule has 1 aliphatic heterocycles. The van der Waals surface area contributed by atoms with Gasteiger partial charge in [0, 0.05) is 11.8 Å². The summed E-state index contributed by atoms with van der Waals surface area (Å²) in [5.41, 5.74) is 1.44. The molecule has 1 heterocycles. The van der Waals surface area contributed by atoms with E-state index in [4.69, 9.17) is 11.2 Å². The van der Waals surface area contributed by atoms with Crippen molar-refractivity contribution in [2.75, 3.05) is 5.32 Å². The highest BCUT2D eigenvalue weighted by molar-refractivity contribution is 5.98. The summed E-state index contributed by atoms with van der Waals surface area (Å²) in [6.45, 7) is 6.00. The minimum Gasteiger partial charge on any atom is -0.477 e. The van der Waals surface area contributed by atoms with Crippen LogP contribution in [-0.4, -0.2) is 17.7 Å². The minimum atomic E-state index is -0.783. The van der Waals surface area contributed by atoms with Crippen molar-refractivity contribution in [3.05, 3.63) is 17.9 Å². The standard InChI is InChI=1S/C17H19FN2O2/c1-5-6-15-17(21)20-14-9-13(12(18)8-16(14)22-15)19-11(4)7-10(2)3/h1,8-10,15H,6-7H2,2-4H3,(H,20,21). The van der Waals surface area contributed by atoms with E-state index in [1.54, 1.807) is 0 Å². The molecule has 0 saturated heterocycles. The van der Waals surface area contributed by atoms with E-state index in [-0.39, 0.29) is 23.8 Å². The van der Waals surface area contributed by atoms with Crippen LogP contribution in [0.5, 0.6) is 5.75 Å². The fraction of sp³-hybridized carbons (Fsp3) is 0.412. The number of rotatable bonds is 4. The smallest absolute Gasteiger partial charge is 0.266 e. The number of amides is 1. The van der Waals surface area contributed by atoms with Gasteiger partial charge in [0.05, 0.1) is 12.1 Å². The molecular weight excluding hydrogens is 283 g/mol. The van der Waals surface area contributed by atoms with Crippen molar-refractivity contribution in [3.8, 4) is 18.1 Å². The lowest BCUT2D eigenvalue weighted by molar-refractivity contribution is -0.123. The molecule has 0 bridgehead atoms. The van der Waals surface area contributed by atoms with Crippen molar-refractivity contribution >= 4 is 23.0 Å². The summed E-state index contributed by atoms with van der Waals surface area (Å²) in [7, 11) is 0. The number of carbonyl (C=O) groups is 1. The molecule has 2 rings (SSSR count). The minimum absolute atomic E-state index is 0.139. The molecule has 0 aromatic heterocycles. The molecule has 0 saturated carbocycles. The van der Waals surface area contributed by atoms with Crippen LogP contribution in [0.3, 0.4) is 0 Å². The van der Waals surface area contributed by atoms with Crippen LogP contribution in [-0.2, 0) is 4.79 Å². The molecule has 1 aliphatic rings. The molecule has 1 aromatic rings. The van der Waals surface area contributed by atoms with Gasteiger partial charge in [-0.05, 0) is 25.3 Å². The summed E-state index contributed by atoms with van der Waals surface area (Å²) in [6.07, 6.45) is 5.33. The van der Waals surface area contributed by atoms with Gasteiger partial charge in [-0.3, -0.25) is 9.79 Å². The summed E-state index contributed by atoms with van der Waals surface area (Å²) in [5, 5.41) is 2.68. The number of terminal acetylenes is 1. The molecule has 0 spiro atoms. The maximum atomic E-state index is 14.1. The summed E-state index contributed by atoms with van der Waals surface area (Å²) in [4.78, 5) is 16.1. The van der Waals surface area contributed by atoms with Gasteiger partial charge < -0.3 is 10.1 Å². The van der Waals surface area contributed by atoms with Gasteiger partial charge in [0.1, 0.15) is 11.4 Å². The average Bonchev–Trinajstić information content (AvgIpc) is 2.41. The Bertz CT molecular complexity index is 659. The summed E-state index contributed by atoms with van der Waals surface area (Å²) < 4.78 is 19.6. The monoisotopic (exact) mass is 302 g/mol. The molecule has 0 aliphatic carbocycles. The van der Waals surface area contributed by atoms with Crippen LogP contribution in [0.2, 0.25) is 0 Å². The molecular formula is C17H19FN2O2. The highest BCUT2D eigenvalue weighted by Crippen LogP contribution is 2.36. The van der Waals surface area contributed by atoms with E-state index in [1.165, 1.54) is 12.1 Å². The lowest BCUT2D eigenvalue weighted by Gasteiger charge is -2.25. The van der Waals surface area contributed by atoms with E-state index < -0.39 is 11.9 Å². The summed E-state index contributed by atoms with van der Waals surface area (Å²) in [6, 6.07) is 2.72. The van der Waals surface area contributed by atoms with E-state index in [0.29, 0.717) is 11.6 Å². The molecule has 22 heavy (non-hydrogen) atoms. The van der Waals surface area contributed by atoms with Crippen LogP contribution in [0.4, 0.5) is 15.8 Å². The Morgan fingerprint density at radius 3 is 2.91 bits per heavy atom. The first-order valence-corrected chi connectivity index (χ1v) is 7.19. The first-order valence-electron chi connectivity index (χ1n) is 7.19. The fourth-order valence-electron chi connectivity index (χ4n) is 2.33. The lowest BCUT2D eigenvalue weighted by Crippen LogP contribution is -2.36. The number of carbonyl (C=O) groups excluding carboxylic acids is 1. The van der Waals surface area contributed by atoms with Crippen LogP contribution in [0.25, 0.3) is 0 Å². The summed E-state index contributed by atoms with van der Waals surface area (Å²) in [5.74, 6) is 2.27. The second kappa shape index (κ2) is 6.61. The third-order valence-corrected chi connectivity index (χ3v) is 3.19. The predicted octanol–water partition coefficient (Wildman–Crippen LogP) is 3.69. The number of nitrogens with zero attached hydrogens (tertiary/aromatic N) is 1. The van der Waals surface area contributed by atoms with E-state index in [0.717, 1.165) is 12.1 Å². The Morgan fingerprint density at radius 1 is 1.55 bits per heavy atom. The van der Waals surface area contributed by atoms with Gasteiger partial charge in [0.25, 0.3) is 5.91 Å². The van der Waals surface area contributed by atoms with Gasteiger partial charge in [-0.25, -0.2) is 4.39 Å². The van der Waals surface area contributed by atoms with Crippen LogP contribution < -0.4 is 10.1 Å². The molecule has 116 valence electrons. The quantitative estimate of drug-likeness (QED) is 0.681. The lowest BCUT2D eigenvalue weighted by atomic mass is 10.1. The zero-order chi connectivity index (χ0) is 16.3. The zero-order valence-corrected chi connectivity index (χ0v) is 12.9. The maximum absolute atomic E-state index is 14.1. The van der Waals surface area contributed by atoms with Gasteiger partial charge in [-0.15, -0.1) is 12.3 Å². The van der Waals surface area contributed by atoms with E-state index in [2.05, 4.69) is 30.1 Å².